The van der Waals surface area contributed by atoms with Gasteiger partial charge in [-0.05, 0) is 105 Å². The van der Waals surface area contributed by atoms with Crippen molar-refractivity contribution >= 4 is 38.8 Å². The lowest BCUT2D eigenvalue weighted by Gasteiger charge is -2.19. The zero-order valence-corrected chi connectivity index (χ0v) is 28.4. The van der Waals surface area contributed by atoms with E-state index in [4.69, 9.17) is 9.97 Å². The molecule has 9 rings (SSSR count). The average molecular weight is 643 g/mol. The average Bonchev–Trinajstić information content (AvgIpc) is 3.21. The molecule has 1 aromatic heterocycles. The van der Waals surface area contributed by atoms with Crippen molar-refractivity contribution in [3.8, 4) is 33.6 Å². The van der Waals surface area contributed by atoms with Crippen molar-refractivity contribution in [2.24, 2.45) is 0 Å². The van der Waals surface area contributed by atoms with E-state index >= 15 is 0 Å². The summed E-state index contributed by atoms with van der Waals surface area (Å²) in [7, 11) is 0. The molecule has 6 aromatic carbocycles. The van der Waals surface area contributed by atoms with Crippen LogP contribution in [0.2, 0.25) is 0 Å². The van der Waals surface area contributed by atoms with E-state index in [1.54, 1.807) is 0 Å². The number of hydrogen-bond donors (Lipinski definition) is 0. The first kappa shape index (κ1) is 30.2. The van der Waals surface area contributed by atoms with Gasteiger partial charge in [0.1, 0.15) is 0 Å². The lowest BCUT2D eigenvalue weighted by Crippen LogP contribution is -2.05. The van der Waals surface area contributed by atoms with Crippen molar-refractivity contribution in [1.29, 1.82) is 0 Å². The summed E-state index contributed by atoms with van der Waals surface area (Å²) >= 11 is 0. The first-order chi connectivity index (χ1) is 24.7. The lowest BCUT2D eigenvalue weighted by molar-refractivity contribution is 1.00. The highest BCUT2D eigenvalue weighted by Gasteiger charge is 2.20. The molecule has 240 valence electrons. The molecular weight excluding hydrogens is 605 g/mol. The van der Waals surface area contributed by atoms with Gasteiger partial charge >= 0.3 is 0 Å². The molecule has 0 radical (unpaired) electrons. The number of nitrogens with zero attached hydrogens (tertiary/aromatic N) is 2. The molecule has 0 amide bonds. The maximum Gasteiger partial charge on any atom is 0.160 e. The molecule has 0 spiro atoms. The summed E-state index contributed by atoms with van der Waals surface area (Å²) in [6.07, 6.45) is 14.3. The van der Waals surface area contributed by atoms with Crippen LogP contribution < -0.4 is 0 Å². The fraction of sp³-hybridized carbons (Fsp3) is 0.125. The minimum Gasteiger partial charge on any atom is -0.228 e. The van der Waals surface area contributed by atoms with Gasteiger partial charge in [-0.2, -0.15) is 0 Å². The van der Waals surface area contributed by atoms with E-state index < -0.39 is 0 Å². The molecule has 7 aromatic rings. The van der Waals surface area contributed by atoms with Crippen molar-refractivity contribution in [1.82, 2.24) is 9.97 Å². The molecule has 0 unspecified atom stereocenters. The van der Waals surface area contributed by atoms with Gasteiger partial charge < -0.3 is 0 Å². The van der Waals surface area contributed by atoms with E-state index in [2.05, 4.69) is 159 Å². The molecule has 0 N–H and O–H groups in total. The zero-order chi connectivity index (χ0) is 33.4. The third kappa shape index (κ3) is 5.38. The monoisotopic (exact) mass is 642 g/mol. The van der Waals surface area contributed by atoms with Gasteiger partial charge in [-0.15, -0.1) is 0 Å². The van der Waals surface area contributed by atoms with Crippen LogP contribution in [0.3, 0.4) is 0 Å². The van der Waals surface area contributed by atoms with Crippen LogP contribution in [0.4, 0.5) is 0 Å². The molecule has 0 aliphatic heterocycles. The molecule has 0 atom stereocenters. The Morgan fingerprint density at radius 2 is 1.20 bits per heavy atom. The number of rotatable bonds is 6. The van der Waals surface area contributed by atoms with Gasteiger partial charge in [0.25, 0.3) is 0 Å². The maximum absolute atomic E-state index is 5.27. The number of allylic oxidation sites excluding steroid dienone is 5. The van der Waals surface area contributed by atoms with Crippen molar-refractivity contribution in [2.45, 2.75) is 39.0 Å². The minimum atomic E-state index is 0.785. The smallest absolute Gasteiger partial charge is 0.160 e. The second-order valence-electron chi connectivity index (χ2n) is 13.4. The summed E-state index contributed by atoms with van der Waals surface area (Å²) in [5, 5.41) is 5.40. The Kier molecular flexibility index (Phi) is 7.78. The molecule has 0 fully saturated rings. The van der Waals surface area contributed by atoms with Crippen LogP contribution in [0.1, 0.15) is 54.3 Å². The van der Waals surface area contributed by atoms with Gasteiger partial charge in [0, 0.05) is 22.3 Å². The van der Waals surface area contributed by atoms with Crippen LogP contribution in [0.5, 0.6) is 0 Å². The summed E-state index contributed by atoms with van der Waals surface area (Å²) < 4.78 is 0. The predicted molar refractivity (Wildman–Crippen MR) is 212 cm³/mol. The van der Waals surface area contributed by atoms with Gasteiger partial charge in [-0.25, -0.2) is 9.97 Å². The quantitative estimate of drug-likeness (QED) is 0.169. The van der Waals surface area contributed by atoms with Crippen LogP contribution in [0.15, 0.2) is 146 Å². The van der Waals surface area contributed by atoms with Crippen LogP contribution in [-0.2, 0) is 12.8 Å². The lowest BCUT2D eigenvalue weighted by atomic mass is 9.85. The highest BCUT2D eigenvalue weighted by atomic mass is 14.9. The summed E-state index contributed by atoms with van der Waals surface area (Å²) in [6, 6.07) is 46.2. The second-order valence-corrected chi connectivity index (χ2v) is 13.4. The normalized spacial score (nSPS) is 14.0. The van der Waals surface area contributed by atoms with Crippen molar-refractivity contribution in [3.63, 3.8) is 0 Å². The number of aryl methyl sites for hydroxylation is 1. The number of fused-ring (bicyclic) bond motifs is 6. The Morgan fingerprint density at radius 3 is 1.94 bits per heavy atom. The number of aromatic nitrogens is 2. The molecular formula is C48H38N2. The highest BCUT2D eigenvalue weighted by molar-refractivity contribution is 6.14. The third-order valence-electron chi connectivity index (χ3n) is 10.4. The molecule has 0 saturated heterocycles. The molecule has 0 saturated carbocycles. The van der Waals surface area contributed by atoms with E-state index in [9.17, 15) is 0 Å². The predicted octanol–water partition coefficient (Wildman–Crippen LogP) is 12.6. The summed E-state index contributed by atoms with van der Waals surface area (Å²) in [5.74, 6) is 0.785. The van der Waals surface area contributed by atoms with Crippen LogP contribution in [-0.4, -0.2) is 9.97 Å². The van der Waals surface area contributed by atoms with Crippen LogP contribution in [0.25, 0.3) is 72.4 Å². The Bertz CT molecular complexity index is 2440. The topological polar surface area (TPSA) is 25.8 Å². The van der Waals surface area contributed by atoms with Crippen molar-refractivity contribution < 1.29 is 0 Å². The number of hydrogen-bond acceptors (Lipinski definition) is 2. The van der Waals surface area contributed by atoms with Crippen LogP contribution >= 0.6 is 0 Å². The molecule has 2 aliphatic carbocycles. The second kappa shape index (κ2) is 12.9. The first-order valence-electron chi connectivity index (χ1n) is 17.9. The van der Waals surface area contributed by atoms with Gasteiger partial charge in [-0.3, -0.25) is 0 Å². The SMILES string of the molecule is CCc1c(-c2ccccc2)nc(C2=CCCC(c3cccc(-c4ccc5c6c(c7ccccc7c5c4)C=CCC6)c3)=C2)nc1-c1ccccc1. The van der Waals surface area contributed by atoms with Gasteiger partial charge in [0.2, 0.25) is 0 Å². The zero-order valence-electron chi connectivity index (χ0n) is 28.4. The fourth-order valence-corrected chi connectivity index (χ4v) is 7.96. The minimum absolute atomic E-state index is 0.785. The standard InChI is InChI=1S/C48H38N2/c1-2-39-46(32-15-5-3-6-16-32)49-48(50-47(39)33-17-7-4-8-18-33)38-22-14-21-36(30-38)34-19-13-20-35(29-34)37-27-28-44-42-25-10-9-23-40(42)41-24-11-12-26-43(41)45(44)31-37/h3-9,11-13,15-20,22-24,26-31H,2,10,14,21,25H2,1H3. The largest absolute Gasteiger partial charge is 0.228 e. The summed E-state index contributed by atoms with van der Waals surface area (Å²) in [5.41, 5.74) is 14.5. The van der Waals surface area contributed by atoms with Gasteiger partial charge in [-0.1, -0.05) is 140 Å². The van der Waals surface area contributed by atoms with Crippen molar-refractivity contribution in [2.75, 3.05) is 0 Å². The Morgan fingerprint density at radius 1 is 0.540 bits per heavy atom. The molecule has 2 heteroatoms. The highest BCUT2D eigenvalue weighted by Crippen LogP contribution is 2.40. The van der Waals surface area contributed by atoms with Crippen molar-refractivity contribution in [3.05, 3.63) is 174 Å². The maximum atomic E-state index is 5.27. The molecule has 2 aliphatic rings. The van der Waals surface area contributed by atoms with E-state index in [-0.39, 0.29) is 0 Å². The van der Waals surface area contributed by atoms with Crippen LogP contribution in [0, 0.1) is 0 Å². The first-order valence-corrected chi connectivity index (χ1v) is 17.9. The Balaban J connectivity index is 1.12. The molecule has 0 bridgehead atoms. The van der Waals surface area contributed by atoms with E-state index in [1.165, 1.54) is 60.5 Å². The summed E-state index contributed by atoms with van der Waals surface area (Å²) in [6.45, 7) is 2.20. The number of benzene rings is 6. The molecule has 1 heterocycles. The Hall–Kier alpha value is -5.86. The molecule has 2 nitrogen and oxygen atoms in total. The van der Waals surface area contributed by atoms with Gasteiger partial charge in [0.15, 0.2) is 5.82 Å². The summed E-state index contributed by atoms with van der Waals surface area (Å²) in [4.78, 5) is 10.5. The molecule has 50 heavy (non-hydrogen) atoms. The van der Waals surface area contributed by atoms with E-state index in [0.29, 0.717) is 0 Å². The van der Waals surface area contributed by atoms with E-state index in [0.717, 1.165) is 66.0 Å². The van der Waals surface area contributed by atoms with E-state index in [1.807, 2.05) is 0 Å². The third-order valence-corrected chi connectivity index (χ3v) is 10.4. The Labute approximate surface area is 294 Å². The van der Waals surface area contributed by atoms with Gasteiger partial charge in [0.05, 0.1) is 11.4 Å². The fourth-order valence-electron chi connectivity index (χ4n) is 7.96.